The zero-order valence-corrected chi connectivity index (χ0v) is 7.00. The number of carbonyl (C=O) groups excluding carboxylic acids is 1. The second kappa shape index (κ2) is 7.28. The molecule has 0 radical (unpaired) electrons. The number of hydrogen-bond donors (Lipinski definition) is 0. The second-order valence-corrected chi connectivity index (χ2v) is 2.00. The Labute approximate surface area is 67.0 Å². The van der Waals surface area contributed by atoms with E-state index in [1.54, 1.807) is 6.08 Å². The molecule has 0 saturated heterocycles. The Morgan fingerprint density at radius 1 is 1.55 bits per heavy atom. The molecule has 3 heteroatoms. The fourth-order valence-corrected chi connectivity index (χ4v) is 0.508. The molecule has 0 aliphatic carbocycles. The molecule has 0 aromatic carbocycles. The molecule has 0 N–H and O–H groups in total. The first-order valence-corrected chi connectivity index (χ1v) is 3.63. The molecule has 0 aliphatic rings. The van der Waals surface area contributed by atoms with E-state index in [4.69, 9.17) is 4.74 Å². The molecular formula is C8H14O3. The topological polar surface area (TPSA) is 35.5 Å². The third-order valence-electron chi connectivity index (χ3n) is 1.02. The van der Waals surface area contributed by atoms with Gasteiger partial charge in [0.05, 0.1) is 13.7 Å². The number of esters is 1. The molecule has 0 unspecified atom stereocenters. The van der Waals surface area contributed by atoms with Crippen LogP contribution in [0.4, 0.5) is 0 Å². The van der Waals surface area contributed by atoms with E-state index in [2.05, 4.69) is 4.74 Å². The number of ether oxygens (including phenoxy) is 2. The van der Waals surface area contributed by atoms with Crippen LogP contribution in [-0.4, -0.2) is 26.3 Å². The summed E-state index contributed by atoms with van der Waals surface area (Å²) in [6, 6.07) is 0. The summed E-state index contributed by atoms with van der Waals surface area (Å²) in [5, 5.41) is 0. The normalized spacial score (nSPS) is 10.4. The van der Waals surface area contributed by atoms with Crippen LogP contribution in [0, 0.1) is 0 Å². The Balaban J connectivity index is 3.22. The van der Waals surface area contributed by atoms with Crippen LogP contribution < -0.4 is 0 Å². The van der Waals surface area contributed by atoms with Crippen LogP contribution in [0.15, 0.2) is 12.2 Å². The van der Waals surface area contributed by atoms with E-state index in [1.807, 2.05) is 6.92 Å². The Morgan fingerprint density at radius 2 is 2.27 bits per heavy atom. The maximum Gasteiger partial charge on any atom is 0.330 e. The standard InChI is InChI=1S/C8H14O3/c1-3-6-11-7-4-5-8(9)10-2/h4-5H,3,6-7H2,1-2H3/b5-4-. The third-order valence-corrected chi connectivity index (χ3v) is 1.02. The fourth-order valence-electron chi connectivity index (χ4n) is 0.508. The van der Waals surface area contributed by atoms with E-state index in [0.717, 1.165) is 13.0 Å². The van der Waals surface area contributed by atoms with Crippen molar-refractivity contribution in [1.29, 1.82) is 0 Å². The summed E-state index contributed by atoms with van der Waals surface area (Å²) in [5.74, 6) is -0.343. The van der Waals surface area contributed by atoms with Gasteiger partial charge in [-0.3, -0.25) is 0 Å². The zero-order valence-electron chi connectivity index (χ0n) is 7.00. The fraction of sp³-hybridized carbons (Fsp3) is 0.625. The summed E-state index contributed by atoms with van der Waals surface area (Å²) in [6.45, 7) is 3.23. The maximum atomic E-state index is 10.5. The van der Waals surface area contributed by atoms with Crippen molar-refractivity contribution in [2.45, 2.75) is 13.3 Å². The van der Waals surface area contributed by atoms with Crippen LogP contribution in [0.1, 0.15) is 13.3 Å². The van der Waals surface area contributed by atoms with Gasteiger partial charge in [0.25, 0.3) is 0 Å². The minimum Gasteiger partial charge on any atom is -0.466 e. The Kier molecular flexibility index (Phi) is 6.73. The highest BCUT2D eigenvalue weighted by Crippen LogP contribution is 1.82. The van der Waals surface area contributed by atoms with E-state index in [9.17, 15) is 4.79 Å². The highest BCUT2D eigenvalue weighted by molar-refractivity contribution is 5.81. The summed E-state index contributed by atoms with van der Waals surface area (Å²) in [5.41, 5.74) is 0. The van der Waals surface area contributed by atoms with Gasteiger partial charge < -0.3 is 9.47 Å². The van der Waals surface area contributed by atoms with E-state index >= 15 is 0 Å². The first kappa shape index (κ1) is 10.2. The van der Waals surface area contributed by atoms with Crippen molar-refractivity contribution >= 4 is 5.97 Å². The molecule has 0 aromatic rings. The average Bonchev–Trinajstić information content (AvgIpc) is 2.04. The summed E-state index contributed by atoms with van der Waals surface area (Å²) in [6.07, 6.45) is 3.99. The Hall–Kier alpha value is -0.830. The van der Waals surface area contributed by atoms with E-state index < -0.39 is 0 Å². The van der Waals surface area contributed by atoms with E-state index in [-0.39, 0.29) is 5.97 Å². The molecule has 64 valence electrons. The molecule has 0 aliphatic heterocycles. The minimum absolute atomic E-state index is 0.343. The lowest BCUT2D eigenvalue weighted by Crippen LogP contribution is -1.96. The highest BCUT2D eigenvalue weighted by atomic mass is 16.5. The first-order chi connectivity index (χ1) is 5.31. The van der Waals surface area contributed by atoms with Gasteiger partial charge in [-0.05, 0) is 6.42 Å². The molecule has 3 nitrogen and oxygen atoms in total. The average molecular weight is 158 g/mol. The lowest BCUT2D eigenvalue weighted by molar-refractivity contribution is -0.134. The molecule has 0 spiro atoms. The first-order valence-electron chi connectivity index (χ1n) is 3.63. The largest absolute Gasteiger partial charge is 0.466 e. The molecule has 0 amide bonds. The van der Waals surface area contributed by atoms with Crippen molar-refractivity contribution < 1.29 is 14.3 Å². The molecule has 0 heterocycles. The van der Waals surface area contributed by atoms with Crippen LogP contribution in [-0.2, 0) is 14.3 Å². The van der Waals surface area contributed by atoms with Gasteiger partial charge in [-0.25, -0.2) is 4.79 Å². The van der Waals surface area contributed by atoms with Gasteiger partial charge in [-0.1, -0.05) is 13.0 Å². The van der Waals surface area contributed by atoms with Crippen LogP contribution in [0.5, 0.6) is 0 Å². The van der Waals surface area contributed by atoms with Gasteiger partial charge in [0.15, 0.2) is 0 Å². The number of hydrogen-bond acceptors (Lipinski definition) is 3. The number of methoxy groups -OCH3 is 1. The van der Waals surface area contributed by atoms with Crippen molar-refractivity contribution in [2.75, 3.05) is 20.3 Å². The quantitative estimate of drug-likeness (QED) is 0.342. The summed E-state index contributed by atoms with van der Waals surface area (Å²) in [7, 11) is 1.35. The van der Waals surface area contributed by atoms with E-state index in [0.29, 0.717) is 6.61 Å². The molecule has 0 atom stereocenters. The van der Waals surface area contributed by atoms with E-state index in [1.165, 1.54) is 13.2 Å². The van der Waals surface area contributed by atoms with Crippen molar-refractivity contribution in [3.63, 3.8) is 0 Å². The SMILES string of the molecule is CCCOC/C=C\C(=O)OC. The smallest absolute Gasteiger partial charge is 0.330 e. The van der Waals surface area contributed by atoms with Crippen molar-refractivity contribution in [1.82, 2.24) is 0 Å². The minimum atomic E-state index is -0.343. The Bertz CT molecular complexity index is 129. The second-order valence-electron chi connectivity index (χ2n) is 2.00. The van der Waals surface area contributed by atoms with Crippen molar-refractivity contribution in [3.8, 4) is 0 Å². The third kappa shape index (κ3) is 7.06. The van der Waals surface area contributed by atoms with Crippen LogP contribution in [0.3, 0.4) is 0 Å². The van der Waals surface area contributed by atoms with Gasteiger partial charge in [0.2, 0.25) is 0 Å². The lowest BCUT2D eigenvalue weighted by Gasteiger charge is -1.95. The van der Waals surface area contributed by atoms with Gasteiger partial charge in [0.1, 0.15) is 0 Å². The number of carbonyl (C=O) groups is 1. The zero-order chi connectivity index (χ0) is 8.53. The predicted octanol–water partition coefficient (Wildman–Crippen LogP) is 1.14. The summed E-state index contributed by atoms with van der Waals surface area (Å²) in [4.78, 5) is 10.5. The van der Waals surface area contributed by atoms with Crippen LogP contribution >= 0.6 is 0 Å². The predicted molar refractivity (Wildman–Crippen MR) is 42.3 cm³/mol. The molecule has 11 heavy (non-hydrogen) atoms. The molecule has 0 fully saturated rings. The van der Waals surface area contributed by atoms with Gasteiger partial charge in [-0.2, -0.15) is 0 Å². The summed E-state index contributed by atoms with van der Waals surface area (Å²) >= 11 is 0. The molecule has 0 aromatic heterocycles. The van der Waals surface area contributed by atoms with Crippen LogP contribution in [0.2, 0.25) is 0 Å². The van der Waals surface area contributed by atoms with Gasteiger partial charge in [-0.15, -0.1) is 0 Å². The molecule has 0 saturated carbocycles. The van der Waals surface area contributed by atoms with Crippen molar-refractivity contribution in [3.05, 3.63) is 12.2 Å². The van der Waals surface area contributed by atoms with Gasteiger partial charge in [0, 0.05) is 12.7 Å². The maximum absolute atomic E-state index is 10.5. The molecule has 0 rings (SSSR count). The molecular weight excluding hydrogens is 144 g/mol. The highest BCUT2D eigenvalue weighted by Gasteiger charge is 1.88. The Morgan fingerprint density at radius 3 is 2.82 bits per heavy atom. The molecule has 0 bridgehead atoms. The van der Waals surface area contributed by atoms with Crippen molar-refractivity contribution in [2.24, 2.45) is 0 Å². The lowest BCUT2D eigenvalue weighted by atomic mass is 10.5. The van der Waals surface area contributed by atoms with Gasteiger partial charge >= 0.3 is 5.97 Å². The summed E-state index contributed by atoms with van der Waals surface area (Å²) < 4.78 is 9.46. The number of rotatable bonds is 5. The van der Waals surface area contributed by atoms with Crippen LogP contribution in [0.25, 0.3) is 0 Å². The monoisotopic (exact) mass is 158 g/mol.